The van der Waals surface area contributed by atoms with Gasteiger partial charge < -0.3 is 9.30 Å². The summed E-state index contributed by atoms with van der Waals surface area (Å²) in [5.41, 5.74) is 7.38. The lowest BCUT2D eigenvalue weighted by Crippen LogP contribution is -2.25. The SMILES string of the molecule is COC(=O)c1s/c(=N/Nc2nc3ccccc3nc2-c2ccccc2)n(C2CCCCC2)c1C. The fraction of sp³-hybridized carbons (Fsp3) is 0.308. The second-order valence-corrected chi connectivity index (χ2v) is 9.43. The molecule has 8 heteroatoms. The van der Waals surface area contributed by atoms with Gasteiger partial charge in [0.15, 0.2) is 5.82 Å². The number of aromatic nitrogens is 3. The van der Waals surface area contributed by atoms with Gasteiger partial charge in [0.25, 0.3) is 0 Å². The zero-order valence-corrected chi connectivity index (χ0v) is 20.1. The number of para-hydroxylation sites is 2. The molecular formula is C26H27N5O2S. The van der Waals surface area contributed by atoms with E-state index in [4.69, 9.17) is 19.8 Å². The summed E-state index contributed by atoms with van der Waals surface area (Å²) in [7, 11) is 1.41. The fourth-order valence-electron chi connectivity index (χ4n) is 4.57. The van der Waals surface area contributed by atoms with E-state index in [2.05, 4.69) is 9.99 Å². The summed E-state index contributed by atoms with van der Waals surface area (Å²) in [6.07, 6.45) is 5.78. The highest BCUT2D eigenvalue weighted by molar-refractivity contribution is 7.11. The molecule has 0 aliphatic heterocycles. The first-order valence-corrected chi connectivity index (χ1v) is 12.4. The van der Waals surface area contributed by atoms with Gasteiger partial charge in [-0.2, -0.15) is 0 Å². The molecule has 7 nitrogen and oxygen atoms in total. The molecule has 1 N–H and O–H groups in total. The molecule has 174 valence electrons. The maximum Gasteiger partial charge on any atom is 0.349 e. The molecule has 34 heavy (non-hydrogen) atoms. The van der Waals surface area contributed by atoms with Crippen LogP contribution in [0.5, 0.6) is 0 Å². The zero-order valence-electron chi connectivity index (χ0n) is 19.3. The Morgan fingerprint density at radius 1 is 1.03 bits per heavy atom. The Labute approximate surface area is 202 Å². The Balaban J connectivity index is 1.63. The number of carbonyl (C=O) groups excluding carboxylic acids is 1. The molecule has 1 aliphatic rings. The quantitative estimate of drug-likeness (QED) is 0.298. The molecule has 0 saturated heterocycles. The van der Waals surface area contributed by atoms with Crippen molar-refractivity contribution in [1.82, 2.24) is 14.5 Å². The summed E-state index contributed by atoms with van der Waals surface area (Å²) < 4.78 is 7.23. The highest BCUT2D eigenvalue weighted by atomic mass is 32.1. The van der Waals surface area contributed by atoms with Crippen LogP contribution in [0.2, 0.25) is 0 Å². The van der Waals surface area contributed by atoms with E-state index >= 15 is 0 Å². The van der Waals surface area contributed by atoms with Crippen LogP contribution in [0, 0.1) is 6.92 Å². The molecule has 0 atom stereocenters. The van der Waals surface area contributed by atoms with Crippen molar-refractivity contribution in [2.24, 2.45) is 5.10 Å². The van der Waals surface area contributed by atoms with Gasteiger partial charge in [0.2, 0.25) is 4.80 Å². The lowest BCUT2D eigenvalue weighted by atomic mass is 9.95. The van der Waals surface area contributed by atoms with Crippen molar-refractivity contribution in [3.05, 3.63) is 70.0 Å². The number of anilines is 1. The Morgan fingerprint density at radius 2 is 1.71 bits per heavy atom. The number of carbonyl (C=O) groups is 1. The minimum absolute atomic E-state index is 0.320. The van der Waals surface area contributed by atoms with Crippen LogP contribution < -0.4 is 10.2 Å². The number of rotatable bonds is 5. The molecule has 2 heterocycles. The van der Waals surface area contributed by atoms with Gasteiger partial charge in [0, 0.05) is 17.3 Å². The third-order valence-electron chi connectivity index (χ3n) is 6.28. The van der Waals surface area contributed by atoms with Crippen LogP contribution in [0.25, 0.3) is 22.3 Å². The van der Waals surface area contributed by atoms with Gasteiger partial charge in [-0.3, -0.25) is 5.43 Å². The number of esters is 1. The summed E-state index contributed by atoms with van der Waals surface area (Å²) >= 11 is 1.35. The van der Waals surface area contributed by atoms with E-state index in [1.807, 2.05) is 61.5 Å². The van der Waals surface area contributed by atoms with Gasteiger partial charge in [0.1, 0.15) is 10.6 Å². The number of fused-ring (bicyclic) bond motifs is 1. The van der Waals surface area contributed by atoms with Gasteiger partial charge >= 0.3 is 5.97 Å². The number of nitrogens with zero attached hydrogens (tertiary/aromatic N) is 4. The predicted octanol–water partition coefficient (Wildman–Crippen LogP) is 5.69. The molecular weight excluding hydrogens is 446 g/mol. The number of hydrogen-bond donors (Lipinski definition) is 1. The van der Waals surface area contributed by atoms with Crippen molar-refractivity contribution in [2.45, 2.75) is 45.1 Å². The maximum absolute atomic E-state index is 12.4. The summed E-state index contributed by atoms with van der Waals surface area (Å²) in [5, 5.41) is 4.76. The summed E-state index contributed by atoms with van der Waals surface area (Å²) in [5.74, 6) is 0.245. The van der Waals surface area contributed by atoms with Crippen LogP contribution in [0.15, 0.2) is 59.7 Å². The van der Waals surface area contributed by atoms with Crippen LogP contribution >= 0.6 is 11.3 Å². The predicted molar refractivity (Wildman–Crippen MR) is 135 cm³/mol. The molecule has 1 saturated carbocycles. The standard InChI is InChI=1S/C26H27N5O2S/c1-17-23(25(32)33-2)34-26(31(17)19-13-7-4-8-14-19)30-29-24-22(18-11-5-3-6-12-18)27-20-15-9-10-16-21(20)28-24/h3,5-6,9-12,15-16,19H,4,7-8,13-14H2,1-2H3,(H,28,29)/b30-26+. The smallest absolute Gasteiger partial charge is 0.349 e. The minimum atomic E-state index is -0.330. The van der Waals surface area contributed by atoms with Crippen LogP contribution in [-0.2, 0) is 4.74 Å². The van der Waals surface area contributed by atoms with Crippen molar-refractivity contribution in [2.75, 3.05) is 12.5 Å². The van der Waals surface area contributed by atoms with Gasteiger partial charge in [0.05, 0.1) is 18.1 Å². The van der Waals surface area contributed by atoms with E-state index in [9.17, 15) is 4.79 Å². The second kappa shape index (κ2) is 9.77. The van der Waals surface area contributed by atoms with E-state index in [1.165, 1.54) is 37.7 Å². The van der Waals surface area contributed by atoms with Crippen molar-refractivity contribution in [3.8, 4) is 11.3 Å². The molecule has 0 unspecified atom stereocenters. The van der Waals surface area contributed by atoms with Gasteiger partial charge in [-0.25, -0.2) is 14.8 Å². The van der Waals surface area contributed by atoms with E-state index in [-0.39, 0.29) is 5.97 Å². The third-order valence-corrected chi connectivity index (χ3v) is 7.41. The van der Waals surface area contributed by atoms with E-state index in [1.54, 1.807) is 0 Å². The Kier molecular flexibility index (Phi) is 6.40. The number of ether oxygens (including phenoxy) is 1. The van der Waals surface area contributed by atoms with Crippen LogP contribution in [-0.4, -0.2) is 27.6 Å². The monoisotopic (exact) mass is 473 g/mol. The van der Waals surface area contributed by atoms with E-state index < -0.39 is 0 Å². The lowest BCUT2D eigenvalue weighted by molar-refractivity contribution is 0.0604. The third kappa shape index (κ3) is 4.33. The molecule has 0 spiro atoms. The molecule has 0 radical (unpaired) electrons. The minimum Gasteiger partial charge on any atom is -0.465 e. The van der Waals surface area contributed by atoms with Crippen LogP contribution in [0.4, 0.5) is 5.82 Å². The molecule has 2 aromatic heterocycles. The topological polar surface area (TPSA) is 81.4 Å². The molecule has 2 aromatic carbocycles. The first kappa shape index (κ1) is 22.3. The number of methoxy groups -OCH3 is 1. The number of benzene rings is 2. The van der Waals surface area contributed by atoms with E-state index in [0.717, 1.165) is 45.6 Å². The highest BCUT2D eigenvalue weighted by Crippen LogP contribution is 2.30. The maximum atomic E-state index is 12.4. The average molecular weight is 474 g/mol. The Hall–Kier alpha value is -3.52. The van der Waals surface area contributed by atoms with Gasteiger partial charge in [-0.05, 0) is 31.9 Å². The Bertz CT molecular complexity index is 1390. The first-order chi connectivity index (χ1) is 16.7. The van der Waals surface area contributed by atoms with Crippen molar-refractivity contribution in [1.29, 1.82) is 0 Å². The van der Waals surface area contributed by atoms with E-state index in [0.29, 0.717) is 16.7 Å². The normalized spacial score (nSPS) is 14.9. The molecule has 1 aliphatic carbocycles. The van der Waals surface area contributed by atoms with Gasteiger partial charge in [-0.15, -0.1) is 5.10 Å². The summed E-state index contributed by atoms with van der Waals surface area (Å²) in [6.45, 7) is 1.97. The number of hydrogen-bond acceptors (Lipinski definition) is 7. The number of nitrogens with one attached hydrogen (secondary N) is 1. The average Bonchev–Trinajstić information content (AvgIpc) is 3.23. The second-order valence-electron chi connectivity index (χ2n) is 8.45. The zero-order chi connectivity index (χ0) is 23.5. The van der Waals surface area contributed by atoms with Crippen molar-refractivity contribution in [3.63, 3.8) is 0 Å². The molecule has 0 bridgehead atoms. The molecule has 4 aromatic rings. The van der Waals surface area contributed by atoms with Crippen LogP contribution in [0.3, 0.4) is 0 Å². The molecule has 1 fully saturated rings. The highest BCUT2D eigenvalue weighted by Gasteiger charge is 2.24. The summed E-state index contributed by atoms with van der Waals surface area (Å²) in [6, 6.07) is 18.1. The Morgan fingerprint density at radius 3 is 2.41 bits per heavy atom. The first-order valence-electron chi connectivity index (χ1n) is 11.6. The van der Waals surface area contributed by atoms with Crippen LogP contribution in [0.1, 0.15) is 53.5 Å². The molecule has 5 rings (SSSR count). The van der Waals surface area contributed by atoms with Crippen molar-refractivity contribution >= 4 is 34.2 Å². The largest absolute Gasteiger partial charge is 0.465 e. The van der Waals surface area contributed by atoms with Gasteiger partial charge in [-0.1, -0.05) is 73.1 Å². The molecule has 0 amide bonds. The fourth-order valence-corrected chi connectivity index (χ4v) is 5.64. The lowest BCUT2D eigenvalue weighted by Gasteiger charge is -2.24. The van der Waals surface area contributed by atoms with Crippen molar-refractivity contribution < 1.29 is 9.53 Å². The summed E-state index contributed by atoms with van der Waals surface area (Å²) in [4.78, 5) is 23.4. The number of thiazole rings is 1.